The van der Waals surface area contributed by atoms with E-state index in [1.807, 2.05) is 36.4 Å². The molecule has 0 aliphatic heterocycles. The van der Waals surface area contributed by atoms with Gasteiger partial charge in [0.2, 0.25) is 0 Å². The van der Waals surface area contributed by atoms with E-state index in [1.54, 1.807) is 24.5 Å². The topological polar surface area (TPSA) is 92.9 Å². The number of aromatic nitrogens is 2. The van der Waals surface area contributed by atoms with Crippen molar-refractivity contribution in [2.24, 2.45) is 0 Å². The van der Waals surface area contributed by atoms with Gasteiger partial charge in [-0.15, -0.1) is 0 Å². The van der Waals surface area contributed by atoms with E-state index >= 15 is 0 Å². The highest BCUT2D eigenvalue weighted by atomic mass is 16.1. The molecule has 0 aliphatic rings. The number of nitrogens with one attached hydrogen (secondary N) is 2. The van der Waals surface area contributed by atoms with Crippen LogP contribution in [-0.4, -0.2) is 15.9 Å². The summed E-state index contributed by atoms with van der Waals surface area (Å²) in [4.78, 5) is 20.0. The monoisotopic (exact) mass is 305 g/mol. The summed E-state index contributed by atoms with van der Waals surface area (Å²) in [5, 5.41) is 6.03. The largest absolute Gasteiger partial charge is 0.397 e. The van der Waals surface area contributed by atoms with Crippen molar-refractivity contribution >= 4 is 28.7 Å². The quantitative estimate of drug-likeness (QED) is 0.689. The van der Waals surface area contributed by atoms with Gasteiger partial charge in [-0.3, -0.25) is 9.78 Å². The smallest absolute Gasteiger partial charge is 0.274 e. The van der Waals surface area contributed by atoms with Crippen molar-refractivity contribution in [2.45, 2.75) is 0 Å². The molecule has 4 N–H and O–H groups in total. The van der Waals surface area contributed by atoms with Crippen LogP contribution in [0.4, 0.5) is 22.7 Å². The molecule has 0 saturated carbocycles. The first-order valence-electron chi connectivity index (χ1n) is 7.01. The van der Waals surface area contributed by atoms with E-state index in [9.17, 15) is 4.79 Å². The molecule has 6 heteroatoms. The summed E-state index contributed by atoms with van der Waals surface area (Å²) < 4.78 is 0. The van der Waals surface area contributed by atoms with Gasteiger partial charge in [0, 0.05) is 29.5 Å². The van der Waals surface area contributed by atoms with Crippen molar-refractivity contribution in [1.29, 1.82) is 0 Å². The number of nitrogen functional groups attached to an aromatic ring is 1. The number of carbonyl (C=O) groups excluding carboxylic acids is 1. The second-order valence-corrected chi connectivity index (χ2v) is 4.87. The minimum absolute atomic E-state index is 0.278. The molecule has 114 valence electrons. The van der Waals surface area contributed by atoms with Crippen LogP contribution in [0.25, 0.3) is 0 Å². The van der Waals surface area contributed by atoms with Crippen LogP contribution in [0.3, 0.4) is 0 Å². The maximum atomic E-state index is 12.1. The van der Waals surface area contributed by atoms with E-state index in [0.29, 0.717) is 17.1 Å². The molecule has 0 spiro atoms. The van der Waals surface area contributed by atoms with Crippen LogP contribution in [0, 0.1) is 0 Å². The molecule has 23 heavy (non-hydrogen) atoms. The number of anilines is 4. The Hall–Kier alpha value is -3.41. The van der Waals surface area contributed by atoms with Gasteiger partial charge in [0.05, 0.1) is 11.9 Å². The number of nitrogens with zero attached hydrogens (tertiary/aromatic N) is 2. The zero-order chi connectivity index (χ0) is 16.1. The zero-order valence-corrected chi connectivity index (χ0v) is 12.2. The van der Waals surface area contributed by atoms with Crippen LogP contribution in [-0.2, 0) is 0 Å². The van der Waals surface area contributed by atoms with Gasteiger partial charge in [-0.05, 0) is 48.5 Å². The predicted octanol–water partition coefficient (Wildman–Crippen LogP) is 3.05. The Balaban J connectivity index is 1.65. The van der Waals surface area contributed by atoms with Crippen molar-refractivity contribution < 1.29 is 4.79 Å². The number of benzene rings is 1. The molecule has 0 atom stereocenters. The minimum atomic E-state index is -0.278. The van der Waals surface area contributed by atoms with Crippen LogP contribution < -0.4 is 16.4 Å². The van der Waals surface area contributed by atoms with Gasteiger partial charge in [-0.25, -0.2) is 4.98 Å². The highest BCUT2D eigenvalue weighted by molar-refractivity contribution is 6.03. The van der Waals surface area contributed by atoms with Gasteiger partial charge >= 0.3 is 0 Å². The van der Waals surface area contributed by atoms with Crippen LogP contribution in [0.15, 0.2) is 67.1 Å². The van der Waals surface area contributed by atoms with Crippen LogP contribution >= 0.6 is 0 Å². The maximum Gasteiger partial charge on any atom is 0.274 e. The first-order valence-corrected chi connectivity index (χ1v) is 7.01. The maximum absolute atomic E-state index is 12.1. The average Bonchev–Trinajstić information content (AvgIpc) is 2.58. The summed E-state index contributed by atoms with van der Waals surface area (Å²) in [5.74, 6) is -0.278. The van der Waals surface area contributed by atoms with Gasteiger partial charge in [0.25, 0.3) is 5.91 Å². The van der Waals surface area contributed by atoms with E-state index in [1.165, 1.54) is 6.20 Å². The molecule has 1 aromatic carbocycles. The lowest BCUT2D eigenvalue weighted by molar-refractivity contribution is 0.102. The summed E-state index contributed by atoms with van der Waals surface area (Å²) in [7, 11) is 0. The number of hydrogen-bond acceptors (Lipinski definition) is 5. The number of rotatable bonds is 4. The fraction of sp³-hybridized carbons (Fsp3) is 0. The number of hydrogen-bond donors (Lipinski definition) is 3. The van der Waals surface area contributed by atoms with Gasteiger partial charge in [0.15, 0.2) is 0 Å². The molecule has 3 aromatic rings. The Morgan fingerprint density at radius 1 is 0.870 bits per heavy atom. The molecule has 0 saturated heterocycles. The third-order valence-corrected chi connectivity index (χ3v) is 3.13. The summed E-state index contributed by atoms with van der Waals surface area (Å²) in [6, 6.07) is 14.4. The first kappa shape index (κ1) is 14.5. The lowest BCUT2D eigenvalue weighted by Crippen LogP contribution is -2.13. The standard InChI is InChI=1S/C17H15N5O/c18-12-1-6-16(20-11-12)17(23)22-14-4-2-13(3-5-14)21-15-7-9-19-10-8-15/h1-11H,18H2,(H,19,21)(H,22,23). The van der Waals surface area contributed by atoms with Crippen molar-refractivity contribution in [3.05, 3.63) is 72.8 Å². The Morgan fingerprint density at radius 2 is 1.52 bits per heavy atom. The molecular formula is C17H15N5O. The Labute approximate surface area is 133 Å². The van der Waals surface area contributed by atoms with Gasteiger partial charge < -0.3 is 16.4 Å². The molecule has 0 bridgehead atoms. The SMILES string of the molecule is Nc1ccc(C(=O)Nc2ccc(Nc3ccncc3)cc2)nc1. The summed E-state index contributed by atoms with van der Waals surface area (Å²) in [6.07, 6.45) is 4.89. The van der Waals surface area contributed by atoms with Crippen molar-refractivity contribution in [1.82, 2.24) is 9.97 Å². The molecule has 6 nitrogen and oxygen atoms in total. The second kappa shape index (κ2) is 6.57. The minimum Gasteiger partial charge on any atom is -0.397 e. The Kier molecular flexibility index (Phi) is 4.15. The lowest BCUT2D eigenvalue weighted by Gasteiger charge is -2.08. The van der Waals surface area contributed by atoms with Crippen molar-refractivity contribution in [3.8, 4) is 0 Å². The van der Waals surface area contributed by atoms with Gasteiger partial charge in [0.1, 0.15) is 5.69 Å². The normalized spacial score (nSPS) is 10.1. The molecule has 0 radical (unpaired) electrons. The predicted molar refractivity (Wildman–Crippen MR) is 90.6 cm³/mol. The van der Waals surface area contributed by atoms with Gasteiger partial charge in [-0.2, -0.15) is 0 Å². The third kappa shape index (κ3) is 3.82. The molecule has 0 fully saturated rings. The fourth-order valence-electron chi connectivity index (χ4n) is 1.97. The molecule has 1 amide bonds. The molecule has 0 unspecified atom stereocenters. The summed E-state index contributed by atoms with van der Waals surface area (Å²) >= 11 is 0. The van der Waals surface area contributed by atoms with E-state index in [4.69, 9.17) is 5.73 Å². The fourth-order valence-corrected chi connectivity index (χ4v) is 1.97. The second-order valence-electron chi connectivity index (χ2n) is 4.87. The highest BCUT2D eigenvalue weighted by Crippen LogP contribution is 2.18. The number of nitrogens with two attached hydrogens (primary N) is 1. The van der Waals surface area contributed by atoms with Crippen molar-refractivity contribution in [2.75, 3.05) is 16.4 Å². The molecule has 3 rings (SSSR count). The average molecular weight is 305 g/mol. The lowest BCUT2D eigenvalue weighted by atomic mass is 10.2. The zero-order valence-electron chi connectivity index (χ0n) is 12.2. The van der Waals surface area contributed by atoms with Crippen molar-refractivity contribution in [3.63, 3.8) is 0 Å². The molecular weight excluding hydrogens is 290 g/mol. The molecule has 2 aromatic heterocycles. The van der Waals surface area contributed by atoms with Crippen LogP contribution in [0.1, 0.15) is 10.5 Å². The summed E-state index contributed by atoms with van der Waals surface area (Å²) in [6.45, 7) is 0. The van der Waals surface area contributed by atoms with Crippen LogP contribution in [0.2, 0.25) is 0 Å². The van der Waals surface area contributed by atoms with E-state index in [2.05, 4.69) is 20.6 Å². The number of pyridine rings is 2. The van der Waals surface area contributed by atoms with E-state index < -0.39 is 0 Å². The van der Waals surface area contributed by atoms with Gasteiger partial charge in [-0.1, -0.05) is 0 Å². The third-order valence-electron chi connectivity index (χ3n) is 3.13. The van der Waals surface area contributed by atoms with E-state index in [-0.39, 0.29) is 5.91 Å². The Bertz CT molecular complexity index is 785. The van der Waals surface area contributed by atoms with Crippen LogP contribution in [0.5, 0.6) is 0 Å². The van der Waals surface area contributed by atoms with E-state index in [0.717, 1.165) is 11.4 Å². The molecule has 0 aliphatic carbocycles. The first-order chi connectivity index (χ1) is 11.2. The number of amides is 1. The Morgan fingerprint density at radius 3 is 2.17 bits per heavy atom. The molecule has 2 heterocycles. The highest BCUT2D eigenvalue weighted by Gasteiger charge is 2.07. The summed E-state index contributed by atoms with van der Waals surface area (Å²) in [5.41, 5.74) is 8.95. The number of carbonyl (C=O) groups is 1.